The first kappa shape index (κ1) is 18.6. The van der Waals surface area contributed by atoms with Crippen molar-refractivity contribution in [3.8, 4) is 0 Å². The zero-order valence-electron chi connectivity index (χ0n) is 14.3. The van der Waals surface area contributed by atoms with Crippen molar-refractivity contribution < 1.29 is 22.8 Å². The smallest absolute Gasteiger partial charge is 0.387 e. The van der Waals surface area contributed by atoms with Crippen molar-refractivity contribution in [1.29, 1.82) is 0 Å². The van der Waals surface area contributed by atoms with Gasteiger partial charge in [-0.15, -0.1) is 0 Å². The van der Waals surface area contributed by atoms with Gasteiger partial charge in [0.25, 0.3) is 5.91 Å². The Morgan fingerprint density at radius 2 is 2.23 bits per heavy atom. The summed E-state index contributed by atoms with van der Waals surface area (Å²) in [5.74, 6) is -0.833. The van der Waals surface area contributed by atoms with Gasteiger partial charge in [0.05, 0.1) is 11.4 Å². The summed E-state index contributed by atoms with van der Waals surface area (Å²) in [4.78, 5) is 28.1. The fraction of sp³-hybridized carbons (Fsp3) is 0.625. The third kappa shape index (κ3) is 4.69. The van der Waals surface area contributed by atoms with Gasteiger partial charge >= 0.3 is 6.18 Å². The highest BCUT2D eigenvalue weighted by atomic mass is 19.4. The van der Waals surface area contributed by atoms with Crippen LogP contribution in [0, 0.1) is 6.92 Å². The largest absolute Gasteiger partial charge is 0.405 e. The summed E-state index contributed by atoms with van der Waals surface area (Å²) in [7, 11) is 0. The van der Waals surface area contributed by atoms with Crippen LogP contribution in [0.3, 0.4) is 0 Å². The molecule has 1 N–H and O–H groups in total. The molecule has 1 fully saturated rings. The Bertz CT molecular complexity index is 709. The average Bonchev–Trinajstić information content (AvgIpc) is 2.95. The molecule has 1 spiro atoms. The molecule has 2 aliphatic heterocycles. The zero-order valence-corrected chi connectivity index (χ0v) is 14.3. The molecule has 0 unspecified atom stereocenters. The van der Waals surface area contributed by atoms with Crippen LogP contribution in [0.25, 0.3) is 0 Å². The van der Waals surface area contributed by atoms with E-state index in [9.17, 15) is 18.0 Å². The molecule has 1 atom stereocenters. The molecular weight excluding hydrogens is 351 g/mol. The second-order valence-electron chi connectivity index (χ2n) is 6.75. The number of aryl methyl sites for hydroxylation is 1. The number of carbonyl (C=O) groups is 1. The first-order valence-corrected chi connectivity index (χ1v) is 8.35. The molecule has 3 rings (SSSR count). The van der Waals surface area contributed by atoms with Gasteiger partial charge in [0.15, 0.2) is 5.60 Å². The van der Waals surface area contributed by atoms with Crippen LogP contribution < -0.4 is 5.32 Å². The molecule has 10 heteroatoms. The van der Waals surface area contributed by atoms with E-state index in [1.807, 2.05) is 12.2 Å². The number of alkyl halides is 3. The number of likely N-dealkylation sites (tertiary alicyclic amines) is 1. The van der Waals surface area contributed by atoms with Gasteiger partial charge in [0.1, 0.15) is 12.3 Å². The summed E-state index contributed by atoms with van der Waals surface area (Å²) in [6, 6.07) is 0. The predicted molar refractivity (Wildman–Crippen MR) is 86.2 cm³/mol. The number of nitrogens with one attached hydrogen (secondary N) is 1. The molecule has 0 radical (unpaired) electrons. The highest BCUT2D eigenvalue weighted by molar-refractivity contribution is 6.39. The predicted octanol–water partition coefficient (Wildman–Crippen LogP) is 1.57. The molecule has 7 nitrogen and oxygen atoms in total. The normalized spacial score (nSPS) is 23.6. The van der Waals surface area contributed by atoms with Crippen LogP contribution in [-0.4, -0.2) is 57.9 Å². The minimum Gasteiger partial charge on any atom is -0.387 e. The van der Waals surface area contributed by atoms with Crippen LogP contribution in [0.2, 0.25) is 0 Å². The fourth-order valence-electron chi connectivity index (χ4n) is 3.29. The lowest BCUT2D eigenvalue weighted by Gasteiger charge is -2.38. The SMILES string of the molecule is Cc1cncc(CN2CCC[C@]3(CC(C(=O)NCC(F)(F)F)=NO3)C2)n1. The fourth-order valence-corrected chi connectivity index (χ4v) is 3.29. The van der Waals surface area contributed by atoms with Gasteiger partial charge in [-0.05, 0) is 26.3 Å². The number of aromatic nitrogens is 2. The lowest BCUT2D eigenvalue weighted by Crippen LogP contribution is -2.48. The highest BCUT2D eigenvalue weighted by Gasteiger charge is 2.44. The van der Waals surface area contributed by atoms with Crippen molar-refractivity contribution >= 4 is 11.6 Å². The third-order valence-corrected chi connectivity index (χ3v) is 4.36. The molecule has 1 amide bonds. The van der Waals surface area contributed by atoms with E-state index in [4.69, 9.17) is 4.84 Å². The van der Waals surface area contributed by atoms with Crippen molar-refractivity contribution in [2.24, 2.45) is 5.16 Å². The molecule has 1 saturated heterocycles. The topological polar surface area (TPSA) is 79.7 Å². The van der Waals surface area contributed by atoms with E-state index in [-0.39, 0.29) is 12.1 Å². The number of hydrogen-bond donors (Lipinski definition) is 1. The summed E-state index contributed by atoms with van der Waals surface area (Å²) < 4.78 is 36.7. The Balaban J connectivity index is 1.57. The van der Waals surface area contributed by atoms with Gasteiger partial charge in [-0.1, -0.05) is 5.16 Å². The van der Waals surface area contributed by atoms with E-state index in [1.165, 1.54) is 0 Å². The van der Waals surface area contributed by atoms with Crippen molar-refractivity contribution in [2.45, 2.75) is 44.5 Å². The Kier molecular flexibility index (Phi) is 5.12. The van der Waals surface area contributed by atoms with Crippen LogP contribution in [0.5, 0.6) is 0 Å². The number of oxime groups is 1. The van der Waals surface area contributed by atoms with E-state index in [0.717, 1.165) is 24.4 Å². The molecular formula is C16H20F3N5O2. The second kappa shape index (κ2) is 7.18. The van der Waals surface area contributed by atoms with Crippen molar-refractivity contribution in [1.82, 2.24) is 20.2 Å². The van der Waals surface area contributed by atoms with Gasteiger partial charge in [0, 0.05) is 31.9 Å². The summed E-state index contributed by atoms with van der Waals surface area (Å²) in [5.41, 5.74) is 1.01. The molecule has 0 aromatic carbocycles. The van der Waals surface area contributed by atoms with Gasteiger partial charge < -0.3 is 10.2 Å². The highest BCUT2D eigenvalue weighted by Crippen LogP contribution is 2.34. The number of piperidine rings is 1. The zero-order chi connectivity index (χ0) is 18.8. The lowest BCUT2D eigenvalue weighted by atomic mass is 9.88. The molecule has 3 heterocycles. The van der Waals surface area contributed by atoms with E-state index in [1.54, 1.807) is 12.4 Å². The minimum atomic E-state index is -4.45. The number of carbonyl (C=O) groups excluding carboxylic acids is 1. The van der Waals surface area contributed by atoms with Gasteiger partial charge in [-0.25, -0.2) is 0 Å². The number of halogens is 3. The molecule has 0 saturated carbocycles. The standard InChI is InChI=1S/C16H20F3N5O2/c1-11-6-20-7-12(22-11)8-24-4-2-3-15(10-24)5-13(23-26-15)14(25)21-9-16(17,18)19/h6-7H,2-5,8-10H2,1H3,(H,21,25)/t15-/m0/s1. The number of rotatable bonds is 4. The molecule has 2 aliphatic rings. The summed E-state index contributed by atoms with van der Waals surface area (Å²) >= 11 is 0. The Labute approximate surface area is 148 Å². The van der Waals surface area contributed by atoms with Crippen LogP contribution in [0.15, 0.2) is 17.5 Å². The van der Waals surface area contributed by atoms with Crippen LogP contribution in [0.4, 0.5) is 13.2 Å². The molecule has 142 valence electrons. The molecule has 26 heavy (non-hydrogen) atoms. The Morgan fingerprint density at radius 3 is 2.96 bits per heavy atom. The van der Waals surface area contributed by atoms with Crippen LogP contribution >= 0.6 is 0 Å². The number of amides is 1. The molecule has 0 bridgehead atoms. The van der Waals surface area contributed by atoms with Crippen LogP contribution in [0.1, 0.15) is 30.7 Å². The van der Waals surface area contributed by atoms with Crippen LogP contribution in [-0.2, 0) is 16.2 Å². The summed E-state index contributed by atoms with van der Waals surface area (Å²) in [5, 5.41) is 5.59. The maximum absolute atomic E-state index is 12.2. The molecule has 1 aromatic heterocycles. The summed E-state index contributed by atoms with van der Waals surface area (Å²) in [6.07, 6.45) is 0.669. The second-order valence-corrected chi connectivity index (χ2v) is 6.75. The quantitative estimate of drug-likeness (QED) is 0.869. The monoisotopic (exact) mass is 371 g/mol. The molecule has 0 aliphatic carbocycles. The van der Waals surface area contributed by atoms with E-state index < -0.39 is 24.2 Å². The van der Waals surface area contributed by atoms with Crippen molar-refractivity contribution in [3.05, 3.63) is 23.8 Å². The van der Waals surface area contributed by atoms with Crippen molar-refractivity contribution in [3.63, 3.8) is 0 Å². The lowest BCUT2D eigenvalue weighted by molar-refractivity contribution is -0.134. The van der Waals surface area contributed by atoms with Crippen molar-refractivity contribution in [2.75, 3.05) is 19.6 Å². The van der Waals surface area contributed by atoms with E-state index in [2.05, 4.69) is 20.0 Å². The maximum atomic E-state index is 12.2. The summed E-state index contributed by atoms with van der Waals surface area (Å²) in [6.45, 7) is 2.46. The average molecular weight is 371 g/mol. The van der Waals surface area contributed by atoms with Gasteiger partial charge in [-0.2, -0.15) is 13.2 Å². The maximum Gasteiger partial charge on any atom is 0.405 e. The Morgan fingerprint density at radius 1 is 1.42 bits per heavy atom. The van der Waals surface area contributed by atoms with E-state index in [0.29, 0.717) is 19.5 Å². The minimum absolute atomic E-state index is 0.00597. The number of hydrogen-bond acceptors (Lipinski definition) is 6. The number of nitrogens with zero attached hydrogens (tertiary/aromatic N) is 4. The first-order chi connectivity index (χ1) is 12.2. The first-order valence-electron chi connectivity index (χ1n) is 8.35. The van der Waals surface area contributed by atoms with Gasteiger partial charge in [0.2, 0.25) is 0 Å². The molecule has 1 aromatic rings. The van der Waals surface area contributed by atoms with Gasteiger partial charge in [-0.3, -0.25) is 19.7 Å². The third-order valence-electron chi connectivity index (χ3n) is 4.36. The Hall–Kier alpha value is -2.23. The van der Waals surface area contributed by atoms with E-state index >= 15 is 0 Å².